The van der Waals surface area contributed by atoms with Crippen LogP contribution >= 0.6 is 15.9 Å². The molecule has 5 nitrogen and oxygen atoms in total. The van der Waals surface area contributed by atoms with Gasteiger partial charge in [-0.2, -0.15) is 0 Å². The lowest BCUT2D eigenvalue weighted by Gasteiger charge is -2.31. The van der Waals surface area contributed by atoms with E-state index in [0.29, 0.717) is 50.5 Å². The smallest absolute Gasteiger partial charge is 0.309 e. The molecule has 0 atom stereocenters. The van der Waals surface area contributed by atoms with Crippen molar-refractivity contribution in [1.29, 1.82) is 0 Å². The van der Waals surface area contributed by atoms with Gasteiger partial charge in [-0.1, -0.05) is 40.2 Å². The minimum atomic E-state index is -0.160. The molecule has 1 fully saturated rings. The normalized spacial score (nSPS) is 14.6. The van der Waals surface area contributed by atoms with Gasteiger partial charge in [0.1, 0.15) is 12.4 Å². The fraction of sp³-hybridized carbons (Fsp3) is 0.364. The fourth-order valence-corrected chi connectivity index (χ4v) is 3.75. The Balaban J connectivity index is 1.64. The number of halogens is 1. The van der Waals surface area contributed by atoms with Crippen LogP contribution in [-0.2, 0) is 16.1 Å². The Hall–Kier alpha value is -2.34. The maximum absolute atomic E-state index is 13.0. The first-order valence-corrected chi connectivity index (χ1v) is 10.3. The van der Waals surface area contributed by atoms with Crippen LogP contribution in [0.5, 0.6) is 5.75 Å². The van der Waals surface area contributed by atoms with Gasteiger partial charge < -0.3 is 14.4 Å². The van der Waals surface area contributed by atoms with Gasteiger partial charge in [0.25, 0.3) is 5.91 Å². The van der Waals surface area contributed by atoms with E-state index >= 15 is 0 Å². The molecule has 0 bridgehead atoms. The number of nitrogens with zero attached hydrogens (tertiary/aromatic N) is 1. The van der Waals surface area contributed by atoms with Crippen molar-refractivity contribution in [3.8, 4) is 5.75 Å². The minimum absolute atomic E-state index is 0.0628. The van der Waals surface area contributed by atoms with E-state index in [1.54, 1.807) is 11.0 Å². The van der Waals surface area contributed by atoms with Gasteiger partial charge in [-0.05, 0) is 49.6 Å². The number of ether oxygens (including phenoxy) is 2. The van der Waals surface area contributed by atoms with Crippen LogP contribution in [0.15, 0.2) is 53.0 Å². The fourth-order valence-electron chi connectivity index (χ4n) is 3.31. The van der Waals surface area contributed by atoms with E-state index in [9.17, 15) is 9.59 Å². The Labute approximate surface area is 173 Å². The summed E-state index contributed by atoms with van der Waals surface area (Å²) in [7, 11) is 0. The highest BCUT2D eigenvalue weighted by molar-refractivity contribution is 9.10. The zero-order valence-corrected chi connectivity index (χ0v) is 17.5. The molecule has 1 aliphatic rings. The number of hydrogen-bond acceptors (Lipinski definition) is 4. The molecule has 3 rings (SSSR count). The lowest BCUT2D eigenvalue weighted by atomic mass is 9.96. The number of benzene rings is 2. The lowest BCUT2D eigenvalue weighted by Crippen LogP contribution is -2.40. The minimum Gasteiger partial charge on any atom is -0.488 e. The van der Waals surface area contributed by atoms with Crippen molar-refractivity contribution in [3.63, 3.8) is 0 Å². The van der Waals surface area contributed by atoms with Crippen LogP contribution in [0.2, 0.25) is 0 Å². The van der Waals surface area contributed by atoms with Gasteiger partial charge in [-0.25, -0.2) is 0 Å². The molecule has 1 amide bonds. The summed E-state index contributed by atoms with van der Waals surface area (Å²) in [4.78, 5) is 26.7. The van der Waals surface area contributed by atoms with Crippen molar-refractivity contribution in [2.45, 2.75) is 26.4 Å². The number of hydrogen-bond donors (Lipinski definition) is 0. The van der Waals surface area contributed by atoms with Gasteiger partial charge >= 0.3 is 5.97 Å². The Morgan fingerprint density at radius 2 is 1.86 bits per heavy atom. The first-order valence-electron chi connectivity index (χ1n) is 9.50. The summed E-state index contributed by atoms with van der Waals surface area (Å²) < 4.78 is 12.0. The van der Waals surface area contributed by atoms with Crippen LogP contribution in [0.1, 0.15) is 35.7 Å². The van der Waals surface area contributed by atoms with Gasteiger partial charge in [0, 0.05) is 17.6 Å². The number of rotatable bonds is 6. The van der Waals surface area contributed by atoms with Gasteiger partial charge in [-0.15, -0.1) is 0 Å². The predicted molar refractivity (Wildman–Crippen MR) is 110 cm³/mol. The van der Waals surface area contributed by atoms with Crippen LogP contribution in [-0.4, -0.2) is 36.5 Å². The summed E-state index contributed by atoms with van der Waals surface area (Å²) in [5.41, 5.74) is 1.57. The first kappa shape index (κ1) is 20.4. The van der Waals surface area contributed by atoms with E-state index < -0.39 is 0 Å². The predicted octanol–water partition coefficient (Wildman–Crippen LogP) is 4.44. The van der Waals surface area contributed by atoms with E-state index in [1.807, 2.05) is 49.4 Å². The topological polar surface area (TPSA) is 55.8 Å². The maximum Gasteiger partial charge on any atom is 0.309 e. The van der Waals surface area contributed by atoms with E-state index in [-0.39, 0.29) is 17.8 Å². The summed E-state index contributed by atoms with van der Waals surface area (Å²) >= 11 is 3.45. The van der Waals surface area contributed by atoms with Gasteiger partial charge in [0.05, 0.1) is 18.1 Å². The van der Waals surface area contributed by atoms with Crippen molar-refractivity contribution in [1.82, 2.24) is 4.90 Å². The van der Waals surface area contributed by atoms with E-state index in [0.717, 1.165) is 10.0 Å². The molecule has 2 aromatic carbocycles. The second-order valence-corrected chi connectivity index (χ2v) is 7.65. The van der Waals surface area contributed by atoms with E-state index in [1.165, 1.54) is 0 Å². The van der Waals surface area contributed by atoms with Crippen LogP contribution in [0.3, 0.4) is 0 Å². The standard InChI is InChI=1S/C22H24BrNO4/c1-2-27-22(26)17-10-12-24(13-11-17)21(25)19-8-3-4-9-20(19)28-15-16-6-5-7-18(23)14-16/h3-9,14,17H,2,10-13,15H2,1H3. The van der Waals surface area contributed by atoms with Crippen LogP contribution in [0, 0.1) is 5.92 Å². The number of para-hydroxylation sites is 1. The maximum atomic E-state index is 13.0. The van der Waals surface area contributed by atoms with Crippen LogP contribution in [0.4, 0.5) is 0 Å². The molecule has 6 heteroatoms. The average molecular weight is 446 g/mol. The highest BCUT2D eigenvalue weighted by Crippen LogP contribution is 2.25. The number of carbonyl (C=O) groups excluding carboxylic acids is 2. The molecule has 0 unspecified atom stereocenters. The molecule has 1 aliphatic heterocycles. The number of amides is 1. The average Bonchev–Trinajstić information content (AvgIpc) is 2.72. The first-order chi connectivity index (χ1) is 13.6. The summed E-state index contributed by atoms with van der Waals surface area (Å²) in [6.45, 7) is 3.67. The van der Waals surface area contributed by atoms with Crippen LogP contribution < -0.4 is 4.74 Å². The third-order valence-corrected chi connectivity index (χ3v) is 5.30. The third kappa shape index (κ3) is 5.13. The Morgan fingerprint density at radius 1 is 1.11 bits per heavy atom. The molecular formula is C22H24BrNO4. The van der Waals surface area contributed by atoms with Gasteiger partial charge in [-0.3, -0.25) is 9.59 Å². The molecule has 1 saturated heterocycles. The zero-order valence-electron chi connectivity index (χ0n) is 15.9. The van der Waals surface area contributed by atoms with Crippen molar-refractivity contribution >= 4 is 27.8 Å². The quantitative estimate of drug-likeness (QED) is 0.616. The monoisotopic (exact) mass is 445 g/mol. The number of likely N-dealkylation sites (tertiary alicyclic amines) is 1. The molecule has 28 heavy (non-hydrogen) atoms. The molecule has 148 valence electrons. The van der Waals surface area contributed by atoms with Crippen molar-refractivity contribution in [2.75, 3.05) is 19.7 Å². The molecule has 0 aromatic heterocycles. The lowest BCUT2D eigenvalue weighted by molar-refractivity contribution is -0.149. The summed E-state index contributed by atoms with van der Waals surface area (Å²) in [6.07, 6.45) is 1.26. The Morgan fingerprint density at radius 3 is 2.57 bits per heavy atom. The molecule has 0 radical (unpaired) electrons. The third-order valence-electron chi connectivity index (χ3n) is 4.80. The second kappa shape index (κ2) is 9.73. The molecule has 0 saturated carbocycles. The molecule has 0 spiro atoms. The second-order valence-electron chi connectivity index (χ2n) is 6.73. The number of carbonyl (C=O) groups is 2. The highest BCUT2D eigenvalue weighted by Gasteiger charge is 2.29. The summed E-state index contributed by atoms with van der Waals surface area (Å²) in [5.74, 6) is 0.228. The van der Waals surface area contributed by atoms with E-state index in [2.05, 4.69) is 15.9 Å². The number of esters is 1. The summed E-state index contributed by atoms with van der Waals surface area (Å²) in [6, 6.07) is 15.2. The van der Waals surface area contributed by atoms with Crippen molar-refractivity contribution in [2.24, 2.45) is 5.92 Å². The molecule has 2 aromatic rings. The largest absolute Gasteiger partial charge is 0.488 e. The molecule has 0 N–H and O–H groups in total. The highest BCUT2D eigenvalue weighted by atomic mass is 79.9. The van der Waals surface area contributed by atoms with Crippen molar-refractivity contribution < 1.29 is 19.1 Å². The SMILES string of the molecule is CCOC(=O)C1CCN(C(=O)c2ccccc2OCc2cccc(Br)c2)CC1. The molecule has 1 heterocycles. The molecular weight excluding hydrogens is 422 g/mol. The zero-order chi connectivity index (χ0) is 19.9. The van der Waals surface area contributed by atoms with Gasteiger partial charge in [0.15, 0.2) is 0 Å². The Kier molecular flexibility index (Phi) is 7.09. The van der Waals surface area contributed by atoms with Crippen LogP contribution in [0.25, 0.3) is 0 Å². The molecule has 0 aliphatic carbocycles. The Bertz CT molecular complexity index is 831. The van der Waals surface area contributed by atoms with E-state index in [4.69, 9.17) is 9.47 Å². The number of piperidine rings is 1. The summed E-state index contributed by atoms with van der Waals surface area (Å²) in [5, 5.41) is 0. The van der Waals surface area contributed by atoms with Crippen molar-refractivity contribution in [3.05, 3.63) is 64.1 Å². The van der Waals surface area contributed by atoms with Gasteiger partial charge in [0.2, 0.25) is 0 Å².